The van der Waals surface area contributed by atoms with Crippen LogP contribution in [0.2, 0.25) is 0 Å². The molecule has 21 heavy (non-hydrogen) atoms. The smallest absolute Gasteiger partial charge is 0.340 e. The molecule has 1 rings (SSSR count). The maximum Gasteiger partial charge on any atom is 0.340 e. The van der Waals surface area contributed by atoms with Crippen LogP contribution in [-0.4, -0.2) is 54.5 Å². The van der Waals surface area contributed by atoms with Crippen LogP contribution in [0.3, 0.4) is 0 Å². The SMILES string of the molecule is COC(=O)c1cc(N(CCO)CCO)c([N+](=O)[O-])cc1F. The summed E-state index contributed by atoms with van der Waals surface area (Å²) in [6.45, 7) is -0.703. The molecule has 1 aromatic carbocycles. The number of ether oxygens (including phenoxy) is 1. The van der Waals surface area contributed by atoms with Crippen LogP contribution in [-0.2, 0) is 4.74 Å². The number of hydrogen-bond acceptors (Lipinski definition) is 7. The number of aliphatic hydroxyl groups is 2. The molecular weight excluding hydrogens is 287 g/mol. The number of nitro groups is 1. The summed E-state index contributed by atoms with van der Waals surface area (Å²) in [6, 6.07) is 1.59. The van der Waals surface area contributed by atoms with E-state index in [2.05, 4.69) is 4.74 Å². The second kappa shape index (κ2) is 7.50. The van der Waals surface area contributed by atoms with Crippen LogP contribution in [0.4, 0.5) is 15.8 Å². The quantitative estimate of drug-likeness (QED) is 0.423. The number of methoxy groups -OCH3 is 1. The van der Waals surface area contributed by atoms with Crippen molar-refractivity contribution in [2.24, 2.45) is 0 Å². The molecule has 0 aliphatic heterocycles. The number of benzene rings is 1. The van der Waals surface area contributed by atoms with E-state index in [0.29, 0.717) is 6.07 Å². The molecule has 0 bridgehead atoms. The highest BCUT2D eigenvalue weighted by Crippen LogP contribution is 2.31. The van der Waals surface area contributed by atoms with Gasteiger partial charge in [-0.05, 0) is 6.07 Å². The number of anilines is 1. The van der Waals surface area contributed by atoms with Crippen molar-refractivity contribution in [3.63, 3.8) is 0 Å². The lowest BCUT2D eigenvalue weighted by Gasteiger charge is -2.23. The fraction of sp³-hybridized carbons (Fsp3) is 0.417. The molecule has 8 nitrogen and oxygen atoms in total. The zero-order valence-electron chi connectivity index (χ0n) is 11.3. The number of rotatable bonds is 7. The van der Waals surface area contributed by atoms with Gasteiger partial charge >= 0.3 is 5.97 Å². The average Bonchev–Trinajstić information content (AvgIpc) is 2.46. The molecule has 2 N–H and O–H groups in total. The van der Waals surface area contributed by atoms with E-state index in [1.807, 2.05) is 0 Å². The van der Waals surface area contributed by atoms with Crippen LogP contribution in [0.5, 0.6) is 0 Å². The maximum atomic E-state index is 13.7. The molecule has 9 heteroatoms. The van der Waals surface area contributed by atoms with Crippen LogP contribution in [0.15, 0.2) is 12.1 Å². The molecule has 0 saturated heterocycles. The Kier molecular flexibility index (Phi) is 6.00. The fourth-order valence-electron chi connectivity index (χ4n) is 1.81. The molecule has 0 aliphatic carbocycles. The standard InChI is InChI=1S/C12H15FN2O6/c1-21-12(18)8-6-10(14(2-4-16)3-5-17)11(15(19)20)7-9(8)13/h6-7,16-17H,2-5H2,1H3. The zero-order valence-corrected chi connectivity index (χ0v) is 11.3. The average molecular weight is 302 g/mol. The van der Waals surface area contributed by atoms with Gasteiger partial charge in [0.05, 0.1) is 36.9 Å². The Morgan fingerprint density at radius 1 is 1.38 bits per heavy atom. The fourth-order valence-corrected chi connectivity index (χ4v) is 1.81. The normalized spacial score (nSPS) is 10.3. The minimum atomic E-state index is -1.08. The van der Waals surface area contributed by atoms with Gasteiger partial charge in [0.25, 0.3) is 5.69 Å². The zero-order chi connectivity index (χ0) is 16.0. The Balaban J connectivity index is 3.43. The van der Waals surface area contributed by atoms with Crippen molar-refractivity contribution in [2.45, 2.75) is 0 Å². The third-order valence-electron chi connectivity index (χ3n) is 2.75. The second-order valence-corrected chi connectivity index (χ2v) is 4.00. The Morgan fingerprint density at radius 2 is 1.95 bits per heavy atom. The molecule has 0 heterocycles. The molecule has 1 aromatic rings. The van der Waals surface area contributed by atoms with Gasteiger partial charge in [-0.1, -0.05) is 0 Å². The summed E-state index contributed by atoms with van der Waals surface area (Å²) in [5.41, 5.74) is -1.11. The van der Waals surface area contributed by atoms with Gasteiger partial charge in [0.1, 0.15) is 11.5 Å². The summed E-state index contributed by atoms with van der Waals surface area (Å²) in [6.07, 6.45) is 0. The van der Waals surface area contributed by atoms with Gasteiger partial charge in [-0.15, -0.1) is 0 Å². The van der Waals surface area contributed by atoms with Gasteiger partial charge in [0, 0.05) is 13.1 Å². The van der Waals surface area contributed by atoms with Crippen LogP contribution in [0.1, 0.15) is 10.4 Å². The highest BCUT2D eigenvalue weighted by Gasteiger charge is 2.25. The number of aliphatic hydroxyl groups excluding tert-OH is 2. The van der Waals surface area contributed by atoms with E-state index in [4.69, 9.17) is 10.2 Å². The molecule has 0 fully saturated rings. The molecule has 0 spiro atoms. The van der Waals surface area contributed by atoms with Gasteiger partial charge in [-0.25, -0.2) is 9.18 Å². The summed E-state index contributed by atoms with van der Waals surface area (Å²) in [4.78, 5) is 22.9. The molecular formula is C12H15FN2O6. The Hall–Kier alpha value is -2.26. The predicted octanol–water partition coefficient (Wildman–Crippen LogP) is 0.312. The lowest BCUT2D eigenvalue weighted by atomic mass is 10.1. The lowest BCUT2D eigenvalue weighted by molar-refractivity contribution is -0.384. The number of halogens is 1. The second-order valence-electron chi connectivity index (χ2n) is 4.00. The summed E-state index contributed by atoms with van der Waals surface area (Å²) in [5, 5.41) is 29.0. The minimum absolute atomic E-state index is 0.0202. The van der Waals surface area contributed by atoms with Gasteiger partial charge < -0.3 is 19.8 Å². The Labute approximate surface area is 119 Å². The summed E-state index contributed by atoms with van der Waals surface area (Å²) < 4.78 is 18.1. The molecule has 0 aromatic heterocycles. The largest absolute Gasteiger partial charge is 0.465 e. The van der Waals surface area contributed by atoms with Crippen LogP contribution < -0.4 is 4.90 Å². The minimum Gasteiger partial charge on any atom is -0.465 e. The molecule has 0 aliphatic rings. The third-order valence-corrected chi connectivity index (χ3v) is 2.75. The summed E-state index contributed by atoms with van der Waals surface area (Å²) in [7, 11) is 1.06. The van der Waals surface area contributed by atoms with Gasteiger partial charge in [-0.3, -0.25) is 10.1 Å². The van der Waals surface area contributed by atoms with E-state index in [9.17, 15) is 19.3 Å². The summed E-state index contributed by atoms with van der Waals surface area (Å²) >= 11 is 0. The Morgan fingerprint density at radius 3 is 2.38 bits per heavy atom. The highest BCUT2D eigenvalue weighted by molar-refractivity contribution is 5.92. The predicted molar refractivity (Wildman–Crippen MR) is 70.8 cm³/mol. The molecule has 0 unspecified atom stereocenters. The number of carbonyl (C=O) groups is 1. The van der Waals surface area contributed by atoms with Crippen molar-refractivity contribution in [3.8, 4) is 0 Å². The number of nitrogens with zero attached hydrogens (tertiary/aromatic N) is 2. The van der Waals surface area contributed by atoms with E-state index in [1.54, 1.807) is 0 Å². The molecule has 0 amide bonds. The van der Waals surface area contributed by atoms with Gasteiger partial charge in [-0.2, -0.15) is 0 Å². The van der Waals surface area contributed by atoms with E-state index < -0.39 is 28.0 Å². The number of hydrogen-bond donors (Lipinski definition) is 2. The first-order chi connectivity index (χ1) is 9.96. The van der Waals surface area contributed by atoms with Crippen molar-refractivity contribution in [1.82, 2.24) is 0 Å². The van der Waals surface area contributed by atoms with Gasteiger partial charge in [0.15, 0.2) is 0 Å². The van der Waals surface area contributed by atoms with Crippen molar-refractivity contribution < 1.29 is 29.1 Å². The summed E-state index contributed by atoms with van der Waals surface area (Å²) in [5.74, 6) is -2.05. The first kappa shape index (κ1) is 16.8. The highest BCUT2D eigenvalue weighted by atomic mass is 19.1. The lowest BCUT2D eigenvalue weighted by Crippen LogP contribution is -2.30. The van der Waals surface area contributed by atoms with E-state index in [-0.39, 0.29) is 32.0 Å². The topological polar surface area (TPSA) is 113 Å². The van der Waals surface area contributed by atoms with Crippen molar-refractivity contribution >= 4 is 17.3 Å². The first-order valence-electron chi connectivity index (χ1n) is 5.99. The van der Waals surface area contributed by atoms with E-state index in [1.165, 1.54) is 4.90 Å². The van der Waals surface area contributed by atoms with Crippen molar-refractivity contribution in [3.05, 3.63) is 33.6 Å². The van der Waals surface area contributed by atoms with E-state index >= 15 is 0 Å². The Bertz CT molecular complexity index is 531. The van der Waals surface area contributed by atoms with Gasteiger partial charge in [0.2, 0.25) is 0 Å². The molecule has 0 atom stereocenters. The van der Waals surface area contributed by atoms with Crippen molar-refractivity contribution in [1.29, 1.82) is 0 Å². The molecule has 0 radical (unpaired) electrons. The number of esters is 1. The number of nitro benzene ring substituents is 1. The third kappa shape index (κ3) is 3.86. The first-order valence-corrected chi connectivity index (χ1v) is 5.99. The van der Waals surface area contributed by atoms with E-state index in [0.717, 1.165) is 13.2 Å². The van der Waals surface area contributed by atoms with Crippen molar-refractivity contribution in [2.75, 3.05) is 38.3 Å². The van der Waals surface area contributed by atoms with Crippen LogP contribution in [0.25, 0.3) is 0 Å². The molecule has 116 valence electrons. The van der Waals surface area contributed by atoms with Crippen LogP contribution >= 0.6 is 0 Å². The molecule has 0 saturated carbocycles. The number of carbonyl (C=O) groups excluding carboxylic acids is 1. The monoisotopic (exact) mass is 302 g/mol. The van der Waals surface area contributed by atoms with Crippen LogP contribution in [0, 0.1) is 15.9 Å². The maximum absolute atomic E-state index is 13.7.